The van der Waals surface area contributed by atoms with Crippen molar-refractivity contribution in [2.24, 2.45) is 15.9 Å². The highest BCUT2D eigenvalue weighted by Gasteiger charge is 2.41. The molecule has 30 heavy (non-hydrogen) atoms. The molecule has 0 radical (unpaired) electrons. The third-order valence-electron chi connectivity index (χ3n) is 4.62. The summed E-state index contributed by atoms with van der Waals surface area (Å²) >= 11 is 1.59. The van der Waals surface area contributed by atoms with Gasteiger partial charge >= 0.3 is 7.60 Å². The third-order valence-corrected chi connectivity index (χ3v) is 7.76. The topological polar surface area (TPSA) is 78.7 Å². The van der Waals surface area contributed by atoms with Crippen LogP contribution in [0.1, 0.15) is 52.3 Å². The molecule has 0 spiro atoms. The second-order valence-electron chi connectivity index (χ2n) is 7.19. The predicted molar refractivity (Wildman–Crippen MR) is 123 cm³/mol. The van der Waals surface area contributed by atoms with Crippen LogP contribution in [-0.2, 0) is 23.1 Å². The minimum Gasteiger partial charge on any atom is -0.480 e. The van der Waals surface area contributed by atoms with Gasteiger partial charge < -0.3 is 18.5 Å². The summed E-state index contributed by atoms with van der Waals surface area (Å²) in [5, 5.41) is 2.00. The summed E-state index contributed by atoms with van der Waals surface area (Å²) in [5.74, 6) is 1.11. The van der Waals surface area contributed by atoms with E-state index in [-0.39, 0.29) is 24.0 Å². The first-order valence-electron chi connectivity index (χ1n) is 10.7. The van der Waals surface area contributed by atoms with Crippen molar-refractivity contribution < 1.29 is 23.1 Å². The molecule has 0 aromatic carbocycles. The molecule has 170 valence electrons. The quantitative estimate of drug-likeness (QED) is 0.416. The molecular formula is C21H35N2O5PS. The Bertz CT molecular complexity index is 741. The van der Waals surface area contributed by atoms with E-state index in [4.69, 9.17) is 28.5 Å². The summed E-state index contributed by atoms with van der Waals surface area (Å²) in [6.45, 7) is 13.3. The second kappa shape index (κ2) is 12.0. The van der Waals surface area contributed by atoms with Crippen molar-refractivity contribution in [2.75, 3.05) is 32.6 Å². The Balaban J connectivity index is 2.51. The smallest absolute Gasteiger partial charge is 0.331 e. The molecule has 0 saturated carbocycles. The molecule has 1 aliphatic heterocycles. The fourth-order valence-corrected chi connectivity index (χ4v) is 6.33. The van der Waals surface area contributed by atoms with E-state index in [1.165, 1.54) is 0 Å². The number of ether oxygens (including phenoxy) is 2. The summed E-state index contributed by atoms with van der Waals surface area (Å²) < 4.78 is 36.4. The lowest BCUT2D eigenvalue weighted by Crippen LogP contribution is -2.41. The van der Waals surface area contributed by atoms with Crippen molar-refractivity contribution in [3.8, 4) is 0 Å². The van der Waals surface area contributed by atoms with Crippen molar-refractivity contribution in [3.05, 3.63) is 22.4 Å². The van der Waals surface area contributed by atoms with Gasteiger partial charge in [-0.2, -0.15) is 0 Å². The average Bonchev–Trinajstić information content (AvgIpc) is 3.22. The molecule has 1 aromatic heterocycles. The number of hydrogen-bond acceptors (Lipinski definition) is 8. The average molecular weight is 459 g/mol. The van der Waals surface area contributed by atoms with Gasteiger partial charge in [0.1, 0.15) is 12.1 Å². The number of nitrogens with zero attached hydrogens (tertiary/aromatic N) is 2. The molecular weight excluding hydrogens is 423 g/mol. The maximum absolute atomic E-state index is 13.4. The highest BCUT2D eigenvalue weighted by Crippen LogP contribution is 2.53. The summed E-state index contributed by atoms with van der Waals surface area (Å²) in [6, 6.07) is 3.35. The van der Waals surface area contributed by atoms with Crippen LogP contribution in [-0.4, -0.2) is 56.5 Å². The first-order valence-corrected chi connectivity index (χ1v) is 13.3. The van der Waals surface area contributed by atoms with Crippen LogP contribution in [0.15, 0.2) is 27.5 Å². The Morgan fingerprint density at radius 1 is 0.967 bits per heavy atom. The molecule has 3 atom stereocenters. The van der Waals surface area contributed by atoms with E-state index >= 15 is 0 Å². The number of rotatable bonds is 11. The molecule has 9 heteroatoms. The second-order valence-corrected chi connectivity index (χ2v) is 10.3. The minimum absolute atomic E-state index is 0.196. The summed E-state index contributed by atoms with van der Waals surface area (Å²) in [4.78, 5) is 10.9. The van der Waals surface area contributed by atoms with Gasteiger partial charge in [-0.3, -0.25) is 4.57 Å². The zero-order chi connectivity index (χ0) is 22.1. The lowest BCUT2D eigenvalue weighted by atomic mass is 9.96. The fourth-order valence-electron chi connectivity index (χ4n) is 3.40. The first-order chi connectivity index (χ1) is 14.4. The van der Waals surface area contributed by atoms with E-state index in [1.54, 1.807) is 11.3 Å². The maximum Gasteiger partial charge on any atom is 0.331 e. The Morgan fingerprint density at radius 2 is 1.53 bits per heavy atom. The Morgan fingerprint density at radius 3 is 2.00 bits per heavy atom. The molecule has 1 aliphatic rings. The molecule has 0 saturated heterocycles. The third kappa shape index (κ3) is 6.39. The summed E-state index contributed by atoms with van der Waals surface area (Å²) in [7, 11) is -3.31. The van der Waals surface area contributed by atoms with Gasteiger partial charge in [0.05, 0.1) is 32.6 Å². The van der Waals surface area contributed by atoms with Crippen molar-refractivity contribution in [2.45, 2.75) is 59.5 Å². The zero-order valence-electron chi connectivity index (χ0n) is 18.9. The van der Waals surface area contributed by atoms with Gasteiger partial charge in [-0.1, -0.05) is 19.9 Å². The lowest BCUT2D eigenvalue weighted by molar-refractivity contribution is 0.217. The Kier molecular flexibility index (Phi) is 10.0. The molecule has 1 aromatic rings. The normalized spacial score (nSPS) is 20.6. The molecule has 0 aliphatic carbocycles. The molecule has 0 N–H and O–H groups in total. The van der Waals surface area contributed by atoms with Crippen LogP contribution in [0, 0.1) is 5.92 Å². The van der Waals surface area contributed by atoms with Crippen molar-refractivity contribution in [1.29, 1.82) is 0 Å². The van der Waals surface area contributed by atoms with Crippen LogP contribution in [0.5, 0.6) is 0 Å². The molecule has 0 fully saturated rings. The molecule has 0 amide bonds. The van der Waals surface area contributed by atoms with Crippen molar-refractivity contribution in [3.63, 3.8) is 0 Å². The van der Waals surface area contributed by atoms with Crippen LogP contribution in [0.3, 0.4) is 0 Å². The van der Waals surface area contributed by atoms with Gasteiger partial charge in [-0.25, -0.2) is 9.98 Å². The van der Waals surface area contributed by atoms with E-state index < -0.39 is 13.6 Å². The fraction of sp³-hybridized carbons (Fsp3) is 0.714. The van der Waals surface area contributed by atoms with E-state index in [0.29, 0.717) is 38.2 Å². The van der Waals surface area contributed by atoms with E-state index in [1.807, 2.05) is 45.2 Å². The van der Waals surface area contributed by atoms with Crippen LogP contribution in [0.25, 0.3) is 0 Å². The lowest BCUT2D eigenvalue weighted by Gasteiger charge is -2.32. The number of thiophene rings is 1. The van der Waals surface area contributed by atoms with Gasteiger partial charge in [-0.05, 0) is 45.1 Å². The van der Waals surface area contributed by atoms with E-state index in [2.05, 4.69) is 13.8 Å². The van der Waals surface area contributed by atoms with Crippen molar-refractivity contribution >= 4 is 30.7 Å². The van der Waals surface area contributed by atoms with Gasteiger partial charge in [0.15, 0.2) is 0 Å². The monoisotopic (exact) mass is 458 g/mol. The standard InChI is InChI=1S/C21H35N2O5PS/c1-7-25-20-18(15(5)6)22-21(26-8-2)19(23-20)16(17-12-11-13-30-17)14-29(24,27-9-3)28-10-4/h11-13,15-16,18-19H,7-10,14H2,1-6H3/t16-,18+,19-/m1/s1. The number of hydrogen-bond donors (Lipinski definition) is 0. The molecule has 0 unspecified atom stereocenters. The Labute approximate surface area is 184 Å². The summed E-state index contributed by atoms with van der Waals surface area (Å²) in [6.07, 6.45) is 0.196. The largest absolute Gasteiger partial charge is 0.480 e. The van der Waals surface area contributed by atoms with Crippen LogP contribution >= 0.6 is 18.9 Å². The van der Waals surface area contributed by atoms with Crippen LogP contribution in [0.2, 0.25) is 0 Å². The minimum atomic E-state index is -3.31. The molecule has 2 rings (SSSR count). The molecule has 2 heterocycles. The number of aliphatic imine (C=N–C) groups is 2. The highest BCUT2D eigenvalue weighted by molar-refractivity contribution is 7.53. The van der Waals surface area contributed by atoms with Crippen molar-refractivity contribution in [1.82, 2.24) is 0 Å². The summed E-state index contributed by atoms with van der Waals surface area (Å²) in [5.41, 5.74) is 0. The predicted octanol–water partition coefficient (Wildman–Crippen LogP) is 5.37. The van der Waals surface area contributed by atoms with Gasteiger partial charge in [0.2, 0.25) is 11.8 Å². The van der Waals surface area contributed by atoms with Gasteiger partial charge in [-0.15, -0.1) is 11.3 Å². The molecule has 7 nitrogen and oxygen atoms in total. The first kappa shape index (κ1) is 25.1. The maximum atomic E-state index is 13.4. The van der Waals surface area contributed by atoms with E-state index in [9.17, 15) is 4.57 Å². The van der Waals surface area contributed by atoms with Crippen LogP contribution < -0.4 is 0 Å². The highest BCUT2D eigenvalue weighted by atomic mass is 32.1. The van der Waals surface area contributed by atoms with Gasteiger partial charge in [0.25, 0.3) is 0 Å². The van der Waals surface area contributed by atoms with Crippen LogP contribution in [0.4, 0.5) is 0 Å². The SMILES string of the molecule is CCOC1=N[C@H]([C@H](CP(=O)(OCC)OCC)c2cccs2)C(OCC)=N[C@H]1C(C)C. The molecule has 0 bridgehead atoms. The zero-order valence-corrected chi connectivity index (χ0v) is 20.6. The van der Waals surface area contributed by atoms with Gasteiger partial charge in [0, 0.05) is 10.8 Å². The Hall–Kier alpha value is -1.21. The van der Waals surface area contributed by atoms with E-state index in [0.717, 1.165) is 4.88 Å².